The topological polar surface area (TPSA) is 108 Å². The highest BCUT2D eigenvalue weighted by atomic mass is 16.6. The first-order valence-electron chi connectivity index (χ1n) is 7.54. The number of amides is 2. The summed E-state index contributed by atoms with van der Waals surface area (Å²) >= 11 is 0. The Morgan fingerprint density at radius 1 is 1.27 bits per heavy atom. The zero-order chi connectivity index (χ0) is 15.9. The van der Waals surface area contributed by atoms with Crippen LogP contribution in [0.3, 0.4) is 0 Å². The van der Waals surface area contributed by atoms with Crippen LogP contribution in [0.15, 0.2) is 5.70 Å². The lowest BCUT2D eigenvalue weighted by Crippen LogP contribution is -2.47. The van der Waals surface area contributed by atoms with Crippen LogP contribution in [-0.2, 0) is 14.3 Å². The molecule has 2 rings (SSSR count). The largest absolute Gasteiger partial charge is 0.439 e. The van der Waals surface area contributed by atoms with Gasteiger partial charge in [-0.1, -0.05) is 12.8 Å². The maximum Gasteiger partial charge on any atom is 0.410 e. The fourth-order valence-corrected chi connectivity index (χ4v) is 2.76. The van der Waals surface area contributed by atoms with Gasteiger partial charge in [0.25, 0.3) is 0 Å². The number of piperidine rings is 1. The molecule has 8 nitrogen and oxygen atoms in total. The highest BCUT2D eigenvalue weighted by Crippen LogP contribution is 2.21. The Kier molecular flexibility index (Phi) is 5.80. The van der Waals surface area contributed by atoms with Gasteiger partial charge in [0, 0.05) is 26.1 Å². The van der Waals surface area contributed by atoms with Crippen LogP contribution in [0.2, 0.25) is 0 Å². The van der Waals surface area contributed by atoms with Crippen molar-refractivity contribution in [2.45, 2.75) is 38.2 Å². The predicted octanol–water partition coefficient (Wildman–Crippen LogP) is 0.198. The summed E-state index contributed by atoms with van der Waals surface area (Å²) in [6.07, 6.45) is 2.87. The summed E-state index contributed by atoms with van der Waals surface area (Å²) in [5.74, 6) is 0.562. The van der Waals surface area contributed by atoms with Crippen molar-refractivity contribution in [1.29, 1.82) is 0 Å². The molecular formula is C14H21N3O5. The lowest BCUT2D eigenvalue weighted by atomic mass is 9.95. The van der Waals surface area contributed by atoms with Crippen molar-refractivity contribution < 1.29 is 24.3 Å². The van der Waals surface area contributed by atoms with Gasteiger partial charge in [-0.2, -0.15) is 0 Å². The van der Waals surface area contributed by atoms with Crippen LogP contribution >= 0.6 is 0 Å². The lowest BCUT2D eigenvalue weighted by molar-refractivity contribution is -0.134. The van der Waals surface area contributed by atoms with Gasteiger partial charge < -0.3 is 15.0 Å². The number of likely N-dealkylation sites (tertiary alicyclic amines) is 1. The Hall–Kier alpha value is -2.05. The normalized spacial score (nSPS) is 25.5. The van der Waals surface area contributed by atoms with Crippen LogP contribution in [0, 0.1) is 5.92 Å². The summed E-state index contributed by atoms with van der Waals surface area (Å²) in [6.45, 7) is 1.47. The molecule has 2 heterocycles. The average molecular weight is 311 g/mol. The second-order valence-electron chi connectivity index (χ2n) is 5.58. The SMILES string of the molecule is O=C=C1NCC(C(=O)NO)CC1OC(=O)N1CCCCCC1. The molecule has 2 unspecified atom stereocenters. The van der Waals surface area contributed by atoms with E-state index in [2.05, 4.69) is 5.32 Å². The van der Waals surface area contributed by atoms with Crippen LogP contribution in [0.25, 0.3) is 0 Å². The van der Waals surface area contributed by atoms with Crippen LogP contribution in [0.5, 0.6) is 0 Å². The van der Waals surface area contributed by atoms with Crippen molar-refractivity contribution in [3.63, 3.8) is 0 Å². The number of nitrogens with zero attached hydrogens (tertiary/aromatic N) is 1. The molecule has 0 spiro atoms. The van der Waals surface area contributed by atoms with Crippen LogP contribution in [-0.4, -0.2) is 53.8 Å². The number of ether oxygens (including phenoxy) is 1. The molecule has 8 heteroatoms. The maximum atomic E-state index is 12.2. The summed E-state index contributed by atoms with van der Waals surface area (Å²) in [6, 6.07) is 0. The van der Waals surface area contributed by atoms with Crippen molar-refractivity contribution in [2.75, 3.05) is 19.6 Å². The van der Waals surface area contributed by atoms with Gasteiger partial charge in [0.05, 0.1) is 5.92 Å². The standard InChI is InChI=1S/C14H21N3O5/c18-9-11-12(7-10(8-15-11)13(19)16-21)22-14(20)17-5-3-1-2-4-6-17/h10,12,15,21H,1-8H2,(H,16,19). The summed E-state index contributed by atoms with van der Waals surface area (Å²) in [5, 5.41) is 11.4. The molecule has 0 aromatic heterocycles. The summed E-state index contributed by atoms with van der Waals surface area (Å²) in [4.78, 5) is 36.3. The quantitative estimate of drug-likeness (QED) is 0.382. The van der Waals surface area contributed by atoms with Crippen LogP contribution < -0.4 is 10.8 Å². The molecule has 0 aromatic carbocycles. The minimum Gasteiger partial charge on any atom is -0.439 e. The first-order chi connectivity index (χ1) is 10.7. The number of nitrogens with one attached hydrogen (secondary N) is 2. The summed E-state index contributed by atoms with van der Waals surface area (Å²) in [5.41, 5.74) is 1.71. The Bertz CT molecular complexity index is 467. The van der Waals surface area contributed by atoms with Gasteiger partial charge in [-0.05, 0) is 12.8 Å². The van der Waals surface area contributed by atoms with E-state index in [4.69, 9.17) is 9.94 Å². The van der Waals surface area contributed by atoms with Gasteiger partial charge >= 0.3 is 6.09 Å². The average Bonchev–Trinajstić information content (AvgIpc) is 2.83. The minimum atomic E-state index is -0.843. The monoisotopic (exact) mass is 311 g/mol. The number of hydroxylamine groups is 1. The van der Waals surface area contributed by atoms with E-state index in [1.807, 2.05) is 0 Å². The molecule has 2 aliphatic heterocycles. The number of carbonyl (C=O) groups excluding carboxylic acids is 3. The molecule has 22 heavy (non-hydrogen) atoms. The highest BCUT2D eigenvalue weighted by molar-refractivity contribution is 5.78. The number of carbonyl (C=O) groups is 2. The molecule has 0 bridgehead atoms. The Balaban J connectivity index is 1.99. The fraction of sp³-hybridized carbons (Fsp3) is 0.714. The van der Waals surface area contributed by atoms with E-state index in [1.165, 1.54) is 0 Å². The number of hydrogen-bond acceptors (Lipinski definition) is 6. The molecule has 2 amide bonds. The first-order valence-corrected chi connectivity index (χ1v) is 7.54. The first kappa shape index (κ1) is 16.3. The molecule has 0 aromatic rings. The molecule has 0 saturated carbocycles. The molecular weight excluding hydrogens is 290 g/mol. The van der Waals surface area contributed by atoms with E-state index in [-0.39, 0.29) is 18.7 Å². The molecule has 2 fully saturated rings. The highest BCUT2D eigenvalue weighted by Gasteiger charge is 2.34. The van der Waals surface area contributed by atoms with Crippen molar-refractivity contribution in [3.05, 3.63) is 5.70 Å². The third-order valence-corrected chi connectivity index (χ3v) is 4.06. The lowest BCUT2D eigenvalue weighted by Gasteiger charge is -2.31. The van der Waals surface area contributed by atoms with Crippen molar-refractivity contribution >= 4 is 17.9 Å². The van der Waals surface area contributed by atoms with Gasteiger partial charge in [-0.15, -0.1) is 0 Å². The van der Waals surface area contributed by atoms with Gasteiger partial charge in [-0.25, -0.2) is 15.1 Å². The maximum absolute atomic E-state index is 12.2. The Morgan fingerprint density at radius 3 is 2.55 bits per heavy atom. The van der Waals surface area contributed by atoms with E-state index in [1.54, 1.807) is 16.3 Å². The van der Waals surface area contributed by atoms with E-state index >= 15 is 0 Å². The van der Waals surface area contributed by atoms with Gasteiger partial charge in [-0.3, -0.25) is 10.0 Å². The second kappa shape index (κ2) is 7.82. The third-order valence-electron chi connectivity index (χ3n) is 4.06. The van der Waals surface area contributed by atoms with Gasteiger partial charge in [0.15, 0.2) is 6.10 Å². The van der Waals surface area contributed by atoms with Crippen molar-refractivity contribution in [1.82, 2.24) is 15.7 Å². The van der Waals surface area contributed by atoms with E-state index in [0.717, 1.165) is 25.7 Å². The zero-order valence-corrected chi connectivity index (χ0v) is 12.3. The summed E-state index contributed by atoms with van der Waals surface area (Å²) < 4.78 is 5.38. The molecule has 3 N–H and O–H groups in total. The van der Waals surface area contributed by atoms with Gasteiger partial charge in [0.1, 0.15) is 11.6 Å². The fourth-order valence-electron chi connectivity index (χ4n) is 2.76. The predicted molar refractivity (Wildman–Crippen MR) is 75.6 cm³/mol. The van der Waals surface area contributed by atoms with Crippen LogP contribution in [0.4, 0.5) is 4.79 Å². The Labute approximate surface area is 128 Å². The van der Waals surface area contributed by atoms with Crippen LogP contribution in [0.1, 0.15) is 32.1 Å². The molecule has 2 aliphatic rings. The minimum absolute atomic E-state index is 0.130. The van der Waals surface area contributed by atoms with Crippen molar-refractivity contribution in [3.8, 4) is 0 Å². The van der Waals surface area contributed by atoms with Gasteiger partial charge in [0.2, 0.25) is 5.91 Å². The molecule has 122 valence electrons. The summed E-state index contributed by atoms with van der Waals surface area (Å²) in [7, 11) is 0. The van der Waals surface area contributed by atoms with E-state index in [9.17, 15) is 14.4 Å². The van der Waals surface area contributed by atoms with E-state index < -0.39 is 24.0 Å². The third kappa shape index (κ3) is 3.99. The zero-order valence-electron chi connectivity index (χ0n) is 12.3. The Morgan fingerprint density at radius 2 is 1.95 bits per heavy atom. The van der Waals surface area contributed by atoms with E-state index in [0.29, 0.717) is 13.1 Å². The number of rotatable bonds is 2. The number of hydrogen-bond donors (Lipinski definition) is 3. The molecule has 2 saturated heterocycles. The molecule has 2 atom stereocenters. The molecule has 0 aliphatic carbocycles. The smallest absolute Gasteiger partial charge is 0.410 e. The second-order valence-corrected chi connectivity index (χ2v) is 5.58. The molecule has 0 radical (unpaired) electrons. The van der Waals surface area contributed by atoms with Crippen molar-refractivity contribution in [2.24, 2.45) is 5.92 Å².